The molecule has 1 fully saturated rings. The Morgan fingerprint density at radius 1 is 1.41 bits per heavy atom. The molecule has 17 heavy (non-hydrogen) atoms. The van der Waals surface area contributed by atoms with Gasteiger partial charge in [0.25, 0.3) is 0 Å². The molecule has 0 atom stereocenters. The zero-order valence-electron chi connectivity index (χ0n) is 8.90. The van der Waals surface area contributed by atoms with Gasteiger partial charge in [0.1, 0.15) is 11.5 Å². The second-order valence-electron chi connectivity index (χ2n) is 4.02. The smallest absolute Gasteiger partial charge is 0.137 e. The lowest BCUT2D eigenvalue weighted by molar-refractivity contribution is 0.313. The number of hydrogen-bond acceptors (Lipinski definition) is 3. The minimum absolute atomic E-state index is 0.274. The summed E-state index contributed by atoms with van der Waals surface area (Å²) in [5.41, 5.74) is 1.62. The van der Waals surface area contributed by atoms with E-state index >= 15 is 0 Å². The molecule has 0 saturated carbocycles. The SMILES string of the molecule is Fc1ccc(-c2cn(C3CNC3)nn2)cc1Br. The maximum atomic E-state index is 13.1. The van der Waals surface area contributed by atoms with Crippen molar-refractivity contribution in [1.29, 1.82) is 0 Å². The topological polar surface area (TPSA) is 42.7 Å². The predicted molar refractivity (Wildman–Crippen MR) is 65.0 cm³/mol. The Morgan fingerprint density at radius 3 is 2.88 bits per heavy atom. The van der Waals surface area contributed by atoms with E-state index in [2.05, 4.69) is 31.6 Å². The standard InChI is InChI=1S/C11H10BrFN4/c12-9-3-7(1-2-10(9)13)11-6-17(16-15-11)8-4-14-5-8/h1-3,6,8,14H,4-5H2. The van der Waals surface area contributed by atoms with E-state index in [1.54, 1.807) is 12.1 Å². The van der Waals surface area contributed by atoms with E-state index in [9.17, 15) is 4.39 Å². The average molecular weight is 297 g/mol. The number of hydrogen-bond donors (Lipinski definition) is 1. The highest BCUT2D eigenvalue weighted by molar-refractivity contribution is 9.10. The maximum Gasteiger partial charge on any atom is 0.137 e. The van der Waals surface area contributed by atoms with Crippen LogP contribution in [-0.2, 0) is 0 Å². The van der Waals surface area contributed by atoms with Gasteiger partial charge in [-0.25, -0.2) is 9.07 Å². The van der Waals surface area contributed by atoms with Crippen LogP contribution in [0.25, 0.3) is 11.3 Å². The molecule has 1 aliphatic rings. The Hall–Kier alpha value is -1.27. The van der Waals surface area contributed by atoms with Crippen molar-refractivity contribution in [2.75, 3.05) is 13.1 Å². The normalized spacial score (nSPS) is 15.9. The predicted octanol–water partition coefficient (Wildman–Crippen LogP) is 1.99. The van der Waals surface area contributed by atoms with Crippen LogP contribution in [-0.4, -0.2) is 28.1 Å². The van der Waals surface area contributed by atoms with Crippen LogP contribution in [0.4, 0.5) is 4.39 Å². The summed E-state index contributed by atoms with van der Waals surface area (Å²) in [6.45, 7) is 1.85. The van der Waals surface area contributed by atoms with Crippen LogP contribution >= 0.6 is 15.9 Å². The van der Waals surface area contributed by atoms with Crippen molar-refractivity contribution in [3.8, 4) is 11.3 Å². The monoisotopic (exact) mass is 296 g/mol. The van der Waals surface area contributed by atoms with Crippen LogP contribution in [0.1, 0.15) is 6.04 Å². The summed E-state index contributed by atoms with van der Waals surface area (Å²) in [5, 5.41) is 11.4. The first-order valence-electron chi connectivity index (χ1n) is 5.32. The summed E-state index contributed by atoms with van der Waals surface area (Å²) < 4.78 is 15.4. The van der Waals surface area contributed by atoms with E-state index in [0.717, 1.165) is 24.3 Å². The van der Waals surface area contributed by atoms with Crippen molar-refractivity contribution in [3.05, 3.63) is 34.7 Å². The fourth-order valence-corrected chi connectivity index (χ4v) is 2.08. The second kappa shape index (κ2) is 4.19. The lowest BCUT2D eigenvalue weighted by Gasteiger charge is -2.26. The molecular formula is C11H10BrFN4. The Bertz CT molecular complexity index is 550. The molecule has 1 aliphatic heterocycles. The molecule has 6 heteroatoms. The third-order valence-electron chi connectivity index (χ3n) is 2.86. The molecule has 0 amide bonds. The second-order valence-corrected chi connectivity index (χ2v) is 4.88. The molecule has 0 unspecified atom stereocenters. The highest BCUT2D eigenvalue weighted by Crippen LogP contribution is 2.24. The summed E-state index contributed by atoms with van der Waals surface area (Å²) in [6.07, 6.45) is 1.89. The summed E-state index contributed by atoms with van der Waals surface area (Å²) in [7, 11) is 0. The summed E-state index contributed by atoms with van der Waals surface area (Å²) in [6, 6.07) is 5.22. The van der Waals surface area contributed by atoms with Crippen molar-refractivity contribution in [2.45, 2.75) is 6.04 Å². The molecule has 1 N–H and O–H groups in total. The van der Waals surface area contributed by atoms with E-state index in [-0.39, 0.29) is 5.82 Å². The Labute approximate surface area is 106 Å². The Morgan fingerprint density at radius 2 is 2.24 bits per heavy atom. The molecule has 0 aliphatic carbocycles. The highest BCUT2D eigenvalue weighted by Gasteiger charge is 2.20. The number of nitrogens with zero attached hydrogens (tertiary/aromatic N) is 3. The van der Waals surface area contributed by atoms with E-state index in [1.807, 2.05) is 10.9 Å². The molecule has 2 heterocycles. The zero-order chi connectivity index (χ0) is 11.8. The number of halogens is 2. The average Bonchev–Trinajstić information content (AvgIpc) is 2.69. The first-order chi connectivity index (χ1) is 8.24. The van der Waals surface area contributed by atoms with E-state index < -0.39 is 0 Å². The van der Waals surface area contributed by atoms with Crippen LogP contribution in [0, 0.1) is 5.82 Å². The minimum atomic E-state index is -0.274. The van der Waals surface area contributed by atoms with Crippen molar-refractivity contribution >= 4 is 15.9 Å². The third kappa shape index (κ3) is 1.98. The largest absolute Gasteiger partial charge is 0.312 e. The molecule has 1 aromatic carbocycles. The highest BCUT2D eigenvalue weighted by atomic mass is 79.9. The molecule has 1 saturated heterocycles. The van der Waals surface area contributed by atoms with E-state index in [0.29, 0.717) is 10.5 Å². The molecule has 2 aromatic rings. The van der Waals surface area contributed by atoms with Crippen molar-refractivity contribution in [2.24, 2.45) is 0 Å². The fraction of sp³-hybridized carbons (Fsp3) is 0.273. The molecule has 1 aromatic heterocycles. The van der Waals surface area contributed by atoms with Crippen LogP contribution in [0.15, 0.2) is 28.9 Å². The molecule has 0 spiro atoms. The van der Waals surface area contributed by atoms with Crippen LogP contribution in [0.5, 0.6) is 0 Å². The van der Waals surface area contributed by atoms with Gasteiger partial charge in [0.2, 0.25) is 0 Å². The zero-order valence-corrected chi connectivity index (χ0v) is 10.5. The van der Waals surface area contributed by atoms with Gasteiger partial charge >= 0.3 is 0 Å². The first kappa shape index (κ1) is 10.9. The minimum Gasteiger partial charge on any atom is -0.312 e. The number of benzene rings is 1. The lowest BCUT2D eigenvalue weighted by atomic mass is 10.1. The fourth-order valence-electron chi connectivity index (χ4n) is 1.70. The first-order valence-corrected chi connectivity index (χ1v) is 6.11. The molecular weight excluding hydrogens is 287 g/mol. The summed E-state index contributed by atoms with van der Waals surface area (Å²) in [4.78, 5) is 0. The summed E-state index contributed by atoms with van der Waals surface area (Å²) in [5.74, 6) is -0.274. The van der Waals surface area contributed by atoms with Crippen LogP contribution in [0.2, 0.25) is 0 Å². The van der Waals surface area contributed by atoms with Gasteiger partial charge in [0, 0.05) is 18.7 Å². The quantitative estimate of drug-likeness (QED) is 0.922. The number of rotatable bonds is 2. The van der Waals surface area contributed by atoms with Gasteiger partial charge in [-0.1, -0.05) is 5.21 Å². The van der Waals surface area contributed by atoms with Crippen molar-refractivity contribution in [1.82, 2.24) is 20.3 Å². The van der Waals surface area contributed by atoms with Crippen molar-refractivity contribution < 1.29 is 4.39 Å². The van der Waals surface area contributed by atoms with Crippen molar-refractivity contribution in [3.63, 3.8) is 0 Å². The maximum absolute atomic E-state index is 13.1. The van der Waals surface area contributed by atoms with Gasteiger partial charge in [0.05, 0.1) is 16.7 Å². The van der Waals surface area contributed by atoms with Gasteiger partial charge in [-0.3, -0.25) is 0 Å². The number of aromatic nitrogens is 3. The summed E-state index contributed by atoms with van der Waals surface area (Å²) >= 11 is 3.16. The Balaban J connectivity index is 1.92. The lowest BCUT2D eigenvalue weighted by Crippen LogP contribution is -2.43. The molecule has 3 rings (SSSR count). The molecule has 88 valence electrons. The van der Waals surface area contributed by atoms with Crippen LogP contribution < -0.4 is 5.32 Å². The van der Waals surface area contributed by atoms with E-state index in [4.69, 9.17) is 0 Å². The van der Waals surface area contributed by atoms with Crippen LogP contribution in [0.3, 0.4) is 0 Å². The Kier molecular flexibility index (Phi) is 2.68. The molecule has 4 nitrogen and oxygen atoms in total. The molecule has 0 bridgehead atoms. The third-order valence-corrected chi connectivity index (χ3v) is 3.47. The van der Waals surface area contributed by atoms with E-state index in [1.165, 1.54) is 6.07 Å². The van der Waals surface area contributed by atoms with Gasteiger partial charge in [-0.15, -0.1) is 5.10 Å². The molecule has 0 radical (unpaired) electrons. The number of nitrogens with one attached hydrogen (secondary N) is 1. The van der Waals surface area contributed by atoms with Gasteiger partial charge < -0.3 is 5.32 Å². The van der Waals surface area contributed by atoms with Gasteiger partial charge in [-0.2, -0.15) is 0 Å². The van der Waals surface area contributed by atoms with Gasteiger partial charge in [-0.05, 0) is 34.1 Å². The van der Waals surface area contributed by atoms with Gasteiger partial charge in [0.15, 0.2) is 0 Å².